The van der Waals surface area contributed by atoms with Crippen LogP contribution >= 0.6 is 0 Å². The van der Waals surface area contributed by atoms with Gasteiger partial charge in [0, 0.05) is 11.6 Å². The number of carbonyl (C=O) groups is 1. The molecule has 0 radical (unpaired) electrons. The van der Waals surface area contributed by atoms with E-state index in [1.807, 2.05) is 30.3 Å². The fourth-order valence-electron chi connectivity index (χ4n) is 2.42. The summed E-state index contributed by atoms with van der Waals surface area (Å²) in [5.74, 6) is 0.192. The first-order chi connectivity index (χ1) is 10.3. The summed E-state index contributed by atoms with van der Waals surface area (Å²) < 4.78 is 10.3. The van der Waals surface area contributed by atoms with Crippen LogP contribution in [0.3, 0.4) is 0 Å². The van der Waals surface area contributed by atoms with Crippen LogP contribution in [0.15, 0.2) is 46.5 Å². The zero-order chi connectivity index (χ0) is 14.7. The van der Waals surface area contributed by atoms with Gasteiger partial charge in [-0.05, 0) is 31.7 Å². The van der Waals surface area contributed by atoms with Crippen molar-refractivity contribution in [2.24, 2.45) is 0 Å². The first-order valence-corrected chi connectivity index (χ1v) is 7.21. The summed E-state index contributed by atoms with van der Waals surface area (Å²) in [6.07, 6.45) is 3.34. The molecule has 1 heterocycles. The number of rotatable bonds is 4. The Bertz CT molecular complexity index is 664. The SMILES string of the molecule is CCOC(=O)c1cc(C(=C2CCC2)c2ccccc2)on1. The van der Waals surface area contributed by atoms with E-state index < -0.39 is 5.97 Å². The van der Waals surface area contributed by atoms with Crippen LogP contribution in [-0.2, 0) is 4.74 Å². The Morgan fingerprint density at radius 1 is 1.29 bits per heavy atom. The van der Waals surface area contributed by atoms with E-state index in [2.05, 4.69) is 5.16 Å². The molecule has 0 bridgehead atoms. The quantitative estimate of drug-likeness (QED) is 0.800. The molecule has 1 aliphatic carbocycles. The molecule has 4 nitrogen and oxygen atoms in total. The van der Waals surface area contributed by atoms with Crippen LogP contribution < -0.4 is 0 Å². The number of esters is 1. The Morgan fingerprint density at radius 2 is 2.05 bits per heavy atom. The molecule has 0 atom stereocenters. The maximum Gasteiger partial charge on any atom is 0.360 e. The van der Waals surface area contributed by atoms with Crippen molar-refractivity contribution in [1.82, 2.24) is 5.16 Å². The van der Waals surface area contributed by atoms with E-state index in [-0.39, 0.29) is 5.69 Å². The zero-order valence-corrected chi connectivity index (χ0v) is 12.0. The van der Waals surface area contributed by atoms with Crippen LogP contribution in [0.25, 0.3) is 5.57 Å². The molecular weight excluding hydrogens is 266 g/mol. The maximum atomic E-state index is 11.7. The number of ether oxygens (including phenoxy) is 1. The minimum Gasteiger partial charge on any atom is -0.461 e. The summed E-state index contributed by atoms with van der Waals surface area (Å²) in [5.41, 5.74) is 3.73. The van der Waals surface area contributed by atoms with Crippen molar-refractivity contribution in [3.8, 4) is 0 Å². The summed E-state index contributed by atoms with van der Waals surface area (Å²) >= 11 is 0. The van der Waals surface area contributed by atoms with Crippen molar-refractivity contribution >= 4 is 11.5 Å². The second-order valence-electron chi connectivity index (χ2n) is 5.00. The van der Waals surface area contributed by atoms with E-state index in [9.17, 15) is 4.79 Å². The van der Waals surface area contributed by atoms with Gasteiger partial charge in [0.25, 0.3) is 0 Å². The van der Waals surface area contributed by atoms with Crippen LogP contribution in [-0.4, -0.2) is 17.7 Å². The first kappa shape index (κ1) is 13.6. The molecule has 3 rings (SSSR count). The smallest absolute Gasteiger partial charge is 0.360 e. The minimum absolute atomic E-state index is 0.222. The highest BCUT2D eigenvalue weighted by Crippen LogP contribution is 2.37. The fourth-order valence-corrected chi connectivity index (χ4v) is 2.42. The molecule has 4 heteroatoms. The lowest BCUT2D eigenvalue weighted by atomic mass is 9.84. The molecule has 0 N–H and O–H groups in total. The van der Waals surface area contributed by atoms with Gasteiger partial charge in [-0.15, -0.1) is 0 Å². The molecule has 0 aliphatic heterocycles. The van der Waals surface area contributed by atoms with Gasteiger partial charge in [-0.3, -0.25) is 0 Å². The number of aromatic nitrogens is 1. The molecule has 0 amide bonds. The maximum absolute atomic E-state index is 11.7. The van der Waals surface area contributed by atoms with E-state index in [0.717, 1.165) is 24.0 Å². The van der Waals surface area contributed by atoms with Crippen molar-refractivity contribution in [2.45, 2.75) is 26.2 Å². The third-order valence-corrected chi connectivity index (χ3v) is 3.61. The predicted octanol–water partition coefficient (Wildman–Crippen LogP) is 3.84. The van der Waals surface area contributed by atoms with Crippen molar-refractivity contribution in [1.29, 1.82) is 0 Å². The Balaban J connectivity index is 1.98. The van der Waals surface area contributed by atoms with E-state index in [1.54, 1.807) is 13.0 Å². The molecular formula is C17H17NO3. The highest BCUT2D eigenvalue weighted by molar-refractivity contribution is 5.89. The van der Waals surface area contributed by atoms with E-state index >= 15 is 0 Å². The second kappa shape index (κ2) is 5.95. The van der Waals surface area contributed by atoms with Crippen molar-refractivity contribution in [3.63, 3.8) is 0 Å². The van der Waals surface area contributed by atoms with E-state index in [0.29, 0.717) is 12.4 Å². The molecule has 1 aliphatic rings. The van der Waals surface area contributed by atoms with Crippen LogP contribution in [0.5, 0.6) is 0 Å². The summed E-state index contributed by atoms with van der Waals surface area (Å²) in [7, 11) is 0. The monoisotopic (exact) mass is 283 g/mol. The lowest BCUT2D eigenvalue weighted by Gasteiger charge is -2.21. The Morgan fingerprint density at radius 3 is 2.67 bits per heavy atom. The fraction of sp³-hybridized carbons (Fsp3) is 0.294. The van der Waals surface area contributed by atoms with E-state index in [4.69, 9.17) is 9.26 Å². The highest BCUT2D eigenvalue weighted by Gasteiger charge is 2.22. The summed E-state index contributed by atoms with van der Waals surface area (Å²) in [6.45, 7) is 2.10. The molecule has 0 spiro atoms. The first-order valence-electron chi connectivity index (χ1n) is 7.21. The molecule has 1 saturated carbocycles. The molecule has 0 unspecified atom stereocenters. The average molecular weight is 283 g/mol. The Hall–Kier alpha value is -2.36. The van der Waals surface area contributed by atoms with Gasteiger partial charge < -0.3 is 9.26 Å². The van der Waals surface area contributed by atoms with Crippen LogP contribution in [0, 0.1) is 0 Å². The molecule has 1 aromatic heterocycles. The normalized spacial score (nSPS) is 13.7. The average Bonchev–Trinajstić information content (AvgIpc) is 2.93. The number of benzene rings is 1. The third-order valence-electron chi connectivity index (χ3n) is 3.61. The molecule has 1 aromatic carbocycles. The van der Waals surface area contributed by atoms with Gasteiger partial charge in [0.1, 0.15) is 0 Å². The van der Waals surface area contributed by atoms with Crippen molar-refractivity contribution in [3.05, 3.63) is 59.0 Å². The number of carbonyl (C=O) groups excluding carboxylic acids is 1. The van der Waals surface area contributed by atoms with Gasteiger partial charge >= 0.3 is 5.97 Å². The minimum atomic E-state index is -0.446. The van der Waals surface area contributed by atoms with Crippen LogP contribution in [0.2, 0.25) is 0 Å². The summed E-state index contributed by atoms with van der Waals surface area (Å²) in [4.78, 5) is 11.7. The molecule has 21 heavy (non-hydrogen) atoms. The van der Waals surface area contributed by atoms with Crippen molar-refractivity contribution < 1.29 is 14.1 Å². The topological polar surface area (TPSA) is 52.3 Å². The molecule has 0 saturated heterocycles. The second-order valence-corrected chi connectivity index (χ2v) is 5.00. The third kappa shape index (κ3) is 2.75. The van der Waals surface area contributed by atoms with Crippen molar-refractivity contribution in [2.75, 3.05) is 6.61 Å². The largest absolute Gasteiger partial charge is 0.461 e. The lowest BCUT2D eigenvalue weighted by molar-refractivity contribution is 0.0514. The number of hydrogen-bond donors (Lipinski definition) is 0. The van der Waals surface area contributed by atoms with Gasteiger partial charge in [-0.2, -0.15) is 0 Å². The van der Waals surface area contributed by atoms with Gasteiger partial charge in [-0.25, -0.2) is 4.79 Å². The number of nitrogens with zero attached hydrogens (tertiary/aromatic N) is 1. The standard InChI is InChI=1S/C17H17NO3/c1-2-20-17(19)14-11-15(21-18-14)16(13-9-6-10-13)12-7-4-3-5-8-12/h3-5,7-8,11H,2,6,9-10H2,1H3. The van der Waals surface area contributed by atoms with Gasteiger partial charge in [0.15, 0.2) is 11.5 Å². The van der Waals surface area contributed by atoms with Gasteiger partial charge in [-0.1, -0.05) is 41.1 Å². The summed E-state index contributed by atoms with van der Waals surface area (Å²) in [5, 5.41) is 3.84. The number of allylic oxidation sites excluding steroid dienone is 1. The number of hydrogen-bond acceptors (Lipinski definition) is 4. The van der Waals surface area contributed by atoms with Gasteiger partial charge in [0.05, 0.1) is 6.61 Å². The molecule has 108 valence electrons. The van der Waals surface area contributed by atoms with Gasteiger partial charge in [0.2, 0.25) is 0 Å². The summed E-state index contributed by atoms with van der Waals surface area (Å²) in [6, 6.07) is 11.7. The zero-order valence-electron chi connectivity index (χ0n) is 12.0. The lowest BCUT2D eigenvalue weighted by Crippen LogP contribution is -2.04. The Kier molecular flexibility index (Phi) is 3.86. The molecule has 1 fully saturated rings. The predicted molar refractivity (Wildman–Crippen MR) is 78.8 cm³/mol. The van der Waals surface area contributed by atoms with E-state index in [1.165, 1.54) is 12.0 Å². The van der Waals surface area contributed by atoms with Crippen LogP contribution in [0.1, 0.15) is 48.0 Å². The highest BCUT2D eigenvalue weighted by atomic mass is 16.5. The Labute approximate surface area is 123 Å². The van der Waals surface area contributed by atoms with Crippen LogP contribution in [0.4, 0.5) is 0 Å². The molecule has 2 aromatic rings.